The lowest BCUT2D eigenvalue weighted by molar-refractivity contribution is 0.867. The van der Waals surface area contributed by atoms with E-state index in [4.69, 9.17) is 0 Å². The van der Waals surface area contributed by atoms with Crippen molar-refractivity contribution in [2.75, 3.05) is 10.6 Å². The summed E-state index contributed by atoms with van der Waals surface area (Å²) in [5, 5.41) is 6.62. The third kappa shape index (κ3) is 4.57. The Morgan fingerprint density at radius 1 is 0.760 bits per heavy atom. The standard InChI is InChI=1S/C21H24N4/c1-14(2)17-7-11-19(12-8-17)24-21-22-16(4)13-20(25-21)23-18-9-5-15(3)6-10-18/h5-14H,1-4H3,(H2,22,23,24,25). The van der Waals surface area contributed by atoms with Crippen LogP contribution in [0.5, 0.6) is 0 Å². The van der Waals surface area contributed by atoms with Crippen molar-refractivity contribution in [1.82, 2.24) is 9.97 Å². The molecule has 2 aromatic carbocycles. The zero-order chi connectivity index (χ0) is 17.8. The zero-order valence-electron chi connectivity index (χ0n) is 15.2. The predicted octanol–water partition coefficient (Wildman–Crippen LogP) is 5.70. The minimum Gasteiger partial charge on any atom is -0.340 e. The number of hydrogen-bond donors (Lipinski definition) is 2. The second-order valence-corrected chi connectivity index (χ2v) is 6.61. The summed E-state index contributed by atoms with van der Waals surface area (Å²) >= 11 is 0. The van der Waals surface area contributed by atoms with Gasteiger partial charge in [-0.1, -0.05) is 43.7 Å². The molecular weight excluding hydrogens is 308 g/mol. The molecule has 128 valence electrons. The minimum absolute atomic E-state index is 0.523. The van der Waals surface area contributed by atoms with Gasteiger partial charge < -0.3 is 10.6 Å². The highest BCUT2D eigenvalue weighted by Gasteiger charge is 2.05. The van der Waals surface area contributed by atoms with Gasteiger partial charge in [-0.3, -0.25) is 0 Å². The highest BCUT2D eigenvalue weighted by molar-refractivity contribution is 5.60. The summed E-state index contributed by atoms with van der Waals surface area (Å²) in [6.07, 6.45) is 0. The second kappa shape index (κ2) is 7.34. The summed E-state index contributed by atoms with van der Waals surface area (Å²) in [5.74, 6) is 1.89. The van der Waals surface area contributed by atoms with Crippen LogP contribution in [0.2, 0.25) is 0 Å². The van der Waals surface area contributed by atoms with Gasteiger partial charge in [-0.15, -0.1) is 0 Å². The van der Waals surface area contributed by atoms with E-state index < -0.39 is 0 Å². The molecular formula is C21H24N4. The first-order valence-corrected chi connectivity index (χ1v) is 8.56. The molecule has 1 heterocycles. The Balaban J connectivity index is 1.77. The average Bonchev–Trinajstić information content (AvgIpc) is 2.57. The molecule has 0 spiro atoms. The number of nitrogens with one attached hydrogen (secondary N) is 2. The summed E-state index contributed by atoms with van der Waals surface area (Å²) in [5.41, 5.74) is 5.45. The van der Waals surface area contributed by atoms with Gasteiger partial charge in [0.15, 0.2) is 0 Å². The van der Waals surface area contributed by atoms with Crippen LogP contribution in [0, 0.1) is 13.8 Å². The molecule has 0 saturated heterocycles. The molecule has 0 radical (unpaired) electrons. The van der Waals surface area contributed by atoms with E-state index in [-0.39, 0.29) is 0 Å². The molecule has 0 atom stereocenters. The summed E-state index contributed by atoms with van der Waals surface area (Å²) in [4.78, 5) is 9.05. The van der Waals surface area contributed by atoms with Crippen LogP contribution in [0.4, 0.5) is 23.1 Å². The van der Waals surface area contributed by atoms with E-state index in [0.29, 0.717) is 11.9 Å². The van der Waals surface area contributed by atoms with Crippen LogP contribution in [0.3, 0.4) is 0 Å². The Hall–Kier alpha value is -2.88. The molecule has 0 fully saturated rings. The van der Waals surface area contributed by atoms with E-state index in [1.54, 1.807) is 0 Å². The molecule has 0 amide bonds. The monoisotopic (exact) mass is 332 g/mol. The number of hydrogen-bond acceptors (Lipinski definition) is 4. The lowest BCUT2D eigenvalue weighted by Crippen LogP contribution is -2.02. The maximum absolute atomic E-state index is 4.57. The molecule has 4 nitrogen and oxygen atoms in total. The first-order chi connectivity index (χ1) is 12.0. The minimum atomic E-state index is 0.523. The molecule has 0 saturated carbocycles. The lowest BCUT2D eigenvalue weighted by Gasteiger charge is -2.11. The van der Waals surface area contributed by atoms with Gasteiger partial charge in [0.1, 0.15) is 5.82 Å². The van der Waals surface area contributed by atoms with Crippen LogP contribution in [0.25, 0.3) is 0 Å². The molecule has 0 aliphatic heterocycles. The summed E-state index contributed by atoms with van der Waals surface area (Å²) < 4.78 is 0. The SMILES string of the molecule is Cc1ccc(Nc2cc(C)nc(Nc3ccc(C(C)C)cc3)n2)cc1. The van der Waals surface area contributed by atoms with Gasteiger partial charge in [0.2, 0.25) is 5.95 Å². The number of anilines is 4. The molecule has 0 aliphatic rings. The van der Waals surface area contributed by atoms with Crippen LogP contribution in [-0.2, 0) is 0 Å². The summed E-state index contributed by atoms with van der Waals surface area (Å²) in [6.45, 7) is 8.42. The predicted molar refractivity (Wildman–Crippen MR) is 105 cm³/mol. The molecule has 0 bridgehead atoms. The maximum atomic E-state index is 4.57. The van der Waals surface area contributed by atoms with Gasteiger partial charge in [0.05, 0.1) is 0 Å². The zero-order valence-corrected chi connectivity index (χ0v) is 15.2. The Morgan fingerprint density at radius 3 is 2.00 bits per heavy atom. The topological polar surface area (TPSA) is 49.8 Å². The fourth-order valence-corrected chi connectivity index (χ4v) is 2.55. The number of benzene rings is 2. The lowest BCUT2D eigenvalue weighted by atomic mass is 10.0. The maximum Gasteiger partial charge on any atom is 0.229 e. The van der Waals surface area contributed by atoms with Crippen molar-refractivity contribution in [1.29, 1.82) is 0 Å². The third-order valence-corrected chi connectivity index (χ3v) is 4.01. The van der Waals surface area contributed by atoms with Gasteiger partial charge in [0, 0.05) is 23.1 Å². The molecule has 4 heteroatoms. The van der Waals surface area contributed by atoms with Crippen molar-refractivity contribution in [3.8, 4) is 0 Å². The molecule has 0 aliphatic carbocycles. The van der Waals surface area contributed by atoms with Crippen molar-refractivity contribution in [3.63, 3.8) is 0 Å². The van der Waals surface area contributed by atoms with Crippen molar-refractivity contribution in [3.05, 3.63) is 71.4 Å². The van der Waals surface area contributed by atoms with Crippen LogP contribution in [-0.4, -0.2) is 9.97 Å². The third-order valence-electron chi connectivity index (χ3n) is 4.01. The van der Waals surface area contributed by atoms with E-state index in [1.807, 2.05) is 25.1 Å². The van der Waals surface area contributed by atoms with Crippen molar-refractivity contribution < 1.29 is 0 Å². The van der Waals surface area contributed by atoms with Crippen molar-refractivity contribution >= 4 is 23.1 Å². The van der Waals surface area contributed by atoms with Crippen molar-refractivity contribution in [2.45, 2.75) is 33.6 Å². The van der Waals surface area contributed by atoms with Gasteiger partial charge in [-0.2, -0.15) is 4.98 Å². The number of aromatic nitrogens is 2. The van der Waals surface area contributed by atoms with Gasteiger partial charge >= 0.3 is 0 Å². The molecule has 3 aromatic rings. The van der Waals surface area contributed by atoms with E-state index in [0.717, 1.165) is 22.9 Å². The molecule has 25 heavy (non-hydrogen) atoms. The van der Waals surface area contributed by atoms with E-state index in [2.05, 4.69) is 77.8 Å². The largest absolute Gasteiger partial charge is 0.340 e. The Labute approximate surface area is 149 Å². The van der Waals surface area contributed by atoms with Crippen molar-refractivity contribution in [2.24, 2.45) is 0 Å². The molecule has 1 aromatic heterocycles. The first kappa shape index (κ1) is 17.0. The second-order valence-electron chi connectivity index (χ2n) is 6.61. The van der Waals surface area contributed by atoms with Crippen LogP contribution < -0.4 is 10.6 Å². The number of nitrogens with zero attached hydrogens (tertiary/aromatic N) is 2. The van der Waals surface area contributed by atoms with E-state index >= 15 is 0 Å². The Morgan fingerprint density at radius 2 is 1.36 bits per heavy atom. The molecule has 2 N–H and O–H groups in total. The average molecular weight is 332 g/mol. The summed E-state index contributed by atoms with van der Waals surface area (Å²) in [6, 6.07) is 18.6. The Kier molecular flexibility index (Phi) is 4.98. The molecule has 3 rings (SSSR count). The van der Waals surface area contributed by atoms with E-state index in [9.17, 15) is 0 Å². The highest BCUT2D eigenvalue weighted by atomic mass is 15.1. The van der Waals surface area contributed by atoms with E-state index in [1.165, 1.54) is 11.1 Å². The fraction of sp³-hybridized carbons (Fsp3) is 0.238. The smallest absolute Gasteiger partial charge is 0.229 e. The van der Waals surface area contributed by atoms with Crippen LogP contribution in [0.1, 0.15) is 36.6 Å². The van der Waals surface area contributed by atoms with Gasteiger partial charge in [-0.05, 0) is 49.6 Å². The molecule has 0 unspecified atom stereocenters. The highest BCUT2D eigenvalue weighted by Crippen LogP contribution is 2.21. The normalized spacial score (nSPS) is 10.8. The first-order valence-electron chi connectivity index (χ1n) is 8.56. The Bertz CT molecular complexity index is 837. The fourth-order valence-electron chi connectivity index (χ4n) is 2.55. The quantitative estimate of drug-likeness (QED) is 0.629. The van der Waals surface area contributed by atoms with Crippen LogP contribution in [0.15, 0.2) is 54.6 Å². The summed E-state index contributed by atoms with van der Waals surface area (Å²) in [7, 11) is 0. The van der Waals surface area contributed by atoms with Gasteiger partial charge in [-0.25, -0.2) is 4.98 Å². The van der Waals surface area contributed by atoms with Crippen LogP contribution >= 0.6 is 0 Å². The number of rotatable bonds is 5. The van der Waals surface area contributed by atoms with Gasteiger partial charge in [0.25, 0.3) is 0 Å². The number of aryl methyl sites for hydroxylation is 2.